The molecule has 0 amide bonds. The van der Waals surface area contributed by atoms with Crippen LogP contribution in [0.5, 0.6) is 5.75 Å². The zero-order valence-corrected chi connectivity index (χ0v) is 21.4. The van der Waals surface area contributed by atoms with Gasteiger partial charge in [0.15, 0.2) is 0 Å². The number of aromatic nitrogens is 1. The maximum absolute atomic E-state index is 10.1. The van der Waals surface area contributed by atoms with Crippen LogP contribution >= 0.6 is 11.3 Å². The number of hydrogen-bond donors (Lipinski definition) is 1. The second-order valence-electron chi connectivity index (χ2n) is 9.22. The number of aryl methyl sites for hydroxylation is 2. The molecule has 4 nitrogen and oxygen atoms in total. The van der Waals surface area contributed by atoms with E-state index in [-0.39, 0.29) is 0 Å². The number of phenols is 1. The van der Waals surface area contributed by atoms with E-state index in [1.807, 2.05) is 6.07 Å². The van der Waals surface area contributed by atoms with Gasteiger partial charge in [-0.15, -0.1) is 11.3 Å². The van der Waals surface area contributed by atoms with Gasteiger partial charge < -0.3 is 19.3 Å². The summed E-state index contributed by atoms with van der Waals surface area (Å²) in [7, 11) is 4.15. The molecule has 0 unspecified atom stereocenters. The second-order valence-corrected chi connectivity index (χ2v) is 10.1. The highest BCUT2D eigenvalue weighted by Gasteiger charge is 2.18. The van der Waals surface area contributed by atoms with Gasteiger partial charge in [0.2, 0.25) is 0 Å². The summed E-state index contributed by atoms with van der Waals surface area (Å²) in [6.07, 6.45) is 4.62. The molecule has 4 rings (SSSR count). The van der Waals surface area contributed by atoms with Crippen LogP contribution in [0.25, 0.3) is 32.6 Å². The Morgan fingerprint density at radius 1 is 0.912 bits per heavy atom. The highest BCUT2D eigenvalue weighted by molar-refractivity contribution is 7.14. The Morgan fingerprint density at radius 3 is 2.50 bits per heavy atom. The number of likely N-dealkylation sites (N-methyl/N-ethyl adjacent to an activating group) is 1. The lowest BCUT2D eigenvalue weighted by atomic mass is 10.1. The number of nitrogens with zero attached hydrogens (tertiary/aromatic N) is 2. The average molecular weight is 477 g/mol. The molecule has 0 spiro atoms. The van der Waals surface area contributed by atoms with Crippen LogP contribution in [0, 0.1) is 6.92 Å². The van der Waals surface area contributed by atoms with Crippen LogP contribution in [-0.2, 0) is 11.3 Å². The van der Waals surface area contributed by atoms with Crippen molar-refractivity contribution in [3.8, 4) is 27.4 Å². The number of benzene rings is 2. The van der Waals surface area contributed by atoms with Gasteiger partial charge in [-0.3, -0.25) is 0 Å². The quantitative estimate of drug-likeness (QED) is 0.220. The summed E-state index contributed by atoms with van der Waals surface area (Å²) in [5.41, 5.74) is 6.22. The fourth-order valence-corrected chi connectivity index (χ4v) is 5.51. The normalized spacial score (nSPS) is 11.6. The van der Waals surface area contributed by atoms with E-state index in [4.69, 9.17) is 4.74 Å². The SMILES string of the molecule is Cc1c(-c2cc(-c3ccccc3)cs2)n(CCCCCCOCCN(C)C)c2ccc(O)cc12. The number of fused-ring (bicyclic) bond motifs is 1. The van der Waals surface area contributed by atoms with Crippen molar-refractivity contribution in [2.24, 2.45) is 0 Å². The lowest BCUT2D eigenvalue weighted by Crippen LogP contribution is -2.18. The van der Waals surface area contributed by atoms with Crippen molar-refractivity contribution in [2.45, 2.75) is 39.2 Å². The fourth-order valence-electron chi connectivity index (χ4n) is 4.48. The Hall–Kier alpha value is -2.60. The van der Waals surface area contributed by atoms with Crippen molar-refractivity contribution >= 4 is 22.2 Å². The lowest BCUT2D eigenvalue weighted by molar-refractivity contribution is 0.114. The Labute approximate surface area is 207 Å². The molecule has 0 fully saturated rings. The van der Waals surface area contributed by atoms with Crippen molar-refractivity contribution in [3.05, 3.63) is 65.5 Å². The van der Waals surface area contributed by atoms with E-state index in [9.17, 15) is 5.11 Å². The van der Waals surface area contributed by atoms with E-state index in [0.29, 0.717) is 5.75 Å². The van der Waals surface area contributed by atoms with Crippen LogP contribution in [-0.4, -0.2) is 48.4 Å². The van der Waals surface area contributed by atoms with E-state index in [1.54, 1.807) is 17.4 Å². The third-order valence-corrected chi connectivity index (χ3v) is 7.28. The number of thiophene rings is 1. The zero-order valence-electron chi connectivity index (χ0n) is 20.6. The smallest absolute Gasteiger partial charge is 0.116 e. The van der Waals surface area contributed by atoms with E-state index in [1.165, 1.54) is 45.6 Å². The fraction of sp³-hybridized carbons (Fsp3) is 0.379. The maximum atomic E-state index is 10.1. The molecule has 0 bridgehead atoms. The Morgan fingerprint density at radius 2 is 1.71 bits per heavy atom. The second kappa shape index (κ2) is 11.7. The number of aromatic hydroxyl groups is 1. The molecule has 0 aliphatic heterocycles. The molecule has 34 heavy (non-hydrogen) atoms. The van der Waals surface area contributed by atoms with Gasteiger partial charge in [0.1, 0.15) is 5.75 Å². The average Bonchev–Trinajstić information content (AvgIpc) is 3.41. The van der Waals surface area contributed by atoms with Gasteiger partial charge in [-0.1, -0.05) is 43.2 Å². The van der Waals surface area contributed by atoms with Gasteiger partial charge in [-0.05, 0) is 80.2 Å². The molecule has 180 valence electrons. The third kappa shape index (κ3) is 5.90. The molecule has 0 saturated heterocycles. The highest BCUT2D eigenvalue weighted by Crippen LogP contribution is 2.40. The molecule has 2 aromatic heterocycles. The minimum absolute atomic E-state index is 0.324. The van der Waals surface area contributed by atoms with Crippen LogP contribution in [0.3, 0.4) is 0 Å². The van der Waals surface area contributed by atoms with Gasteiger partial charge in [-0.25, -0.2) is 0 Å². The molecular formula is C29H36N2O2S. The van der Waals surface area contributed by atoms with Crippen LogP contribution < -0.4 is 0 Å². The molecule has 4 aromatic rings. The first-order chi connectivity index (χ1) is 16.5. The molecule has 1 N–H and O–H groups in total. The molecule has 2 aromatic carbocycles. The van der Waals surface area contributed by atoms with Gasteiger partial charge >= 0.3 is 0 Å². The predicted molar refractivity (Wildman–Crippen MR) is 145 cm³/mol. The van der Waals surface area contributed by atoms with Gasteiger partial charge in [0, 0.05) is 30.6 Å². The Balaban J connectivity index is 1.47. The molecular weight excluding hydrogens is 440 g/mol. The van der Waals surface area contributed by atoms with E-state index in [0.717, 1.165) is 44.5 Å². The topological polar surface area (TPSA) is 37.6 Å². The van der Waals surface area contributed by atoms with E-state index >= 15 is 0 Å². The Bertz CT molecular complexity index is 1190. The number of phenolic OH excluding ortho intramolecular Hbond substituents is 1. The number of hydrogen-bond acceptors (Lipinski definition) is 4. The largest absolute Gasteiger partial charge is 0.508 e. The summed E-state index contributed by atoms with van der Waals surface area (Å²) in [5.74, 6) is 0.324. The number of unbranched alkanes of at least 4 members (excludes halogenated alkanes) is 3. The monoisotopic (exact) mass is 476 g/mol. The van der Waals surface area contributed by atoms with Crippen LogP contribution in [0.4, 0.5) is 0 Å². The summed E-state index contributed by atoms with van der Waals surface area (Å²) < 4.78 is 8.18. The minimum Gasteiger partial charge on any atom is -0.508 e. The first-order valence-corrected chi connectivity index (χ1v) is 13.1. The van der Waals surface area contributed by atoms with Gasteiger partial charge in [0.05, 0.1) is 17.2 Å². The van der Waals surface area contributed by atoms with Crippen molar-refractivity contribution in [1.82, 2.24) is 9.47 Å². The summed E-state index contributed by atoms with van der Waals surface area (Å²) >= 11 is 1.80. The first kappa shape index (κ1) is 24.5. The van der Waals surface area contributed by atoms with Crippen LogP contribution in [0.1, 0.15) is 31.2 Å². The number of rotatable bonds is 12. The molecule has 0 aliphatic rings. The van der Waals surface area contributed by atoms with Crippen molar-refractivity contribution < 1.29 is 9.84 Å². The summed E-state index contributed by atoms with van der Waals surface area (Å²) in [6.45, 7) is 5.79. The Kier molecular flexibility index (Phi) is 8.44. The standard InChI is InChI=1S/C29H36N2O2S/c1-22-26-20-25(32)13-14-27(26)31(15-9-4-5-10-17-33-18-16-30(2)3)29(22)28-19-24(21-34-28)23-11-7-6-8-12-23/h6-8,11-14,19-21,32H,4-5,9-10,15-18H2,1-3H3. The lowest BCUT2D eigenvalue weighted by Gasteiger charge is -2.11. The molecule has 0 saturated carbocycles. The summed E-state index contributed by atoms with van der Waals surface area (Å²) in [4.78, 5) is 3.43. The van der Waals surface area contributed by atoms with Crippen LogP contribution in [0.2, 0.25) is 0 Å². The van der Waals surface area contributed by atoms with E-state index in [2.05, 4.69) is 78.3 Å². The summed E-state index contributed by atoms with van der Waals surface area (Å²) in [5, 5.41) is 13.5. The maximum Gasteiger partial charge on any atom is 0.116 e. The minimum atomic E-state index is 0.324. The molecule has 0 aliphatic carbocycles. The van der Waals surface area contributed by atoms with Gasteiger partial charge in [0.25, 0.3) is 0 Å². The highest BCUT2D eigenvalue weighted by atomic mass is 32.1. The molecule has 2 heterocycles. The summed E-state index contributed by atoms with van der Waals surface area (Å²) in [6, 6.07) is 18.6. The van der Waals surface area contributed by atoms with Gasteiger partial charge in [-0.2, -0.15) is 0 Å². The first-order valence-electron chi connectivity index (χ1n) is 12.2. The number of ether oxygens (including phenoxy) is 1. The van der Waals surface area contributed by atoms with E-state index < -0.39 is 0 Å². The molecule has 5 heteroatoms. The third-order valence-electron chi connectivity index (χ3n) is 6.34. The van der Waals surface area contributed by atoms with Crippen LogP contribution in [0.15, 0.2) is 60.0 Å². The van der Waals surface area contributed by atoms with Crippen molar-refractivity contribution in [3.63, 3.8) is 0 Å². The van der Waals surface area contributed by atoms with Crippen molar-refractivity contribution in [1.29, 1.82) is 0 Å². The predicted octanol–water partition coefficient (Wildman–Crippen LogP) is 7.19. The molecule has 0 atom stereocenters. The molecule has 0 radical (unpaired) electrons. The zero-order chi connectivity index (χ0) is 23.9. The van der Waals surface area contributed by atoms with Crippen molar-refractivity contribution in [2.75, 3.05) is 33.9 Å².